The third-order valence-corrected chi connectivity index (χ3v) is 3.77. The number of hydrogen-bond acceptors (Lipinski definition) is 4. The van der Waals surface area contributed by atoms with Crippen LogP contribution in [0.4, 0.5) is 4.79 Å². The van der Waals surface area contributed by atoms with Crippen LogP contribution in [0, 0.1) is 0 Å². The summed E-state index contributed by atoms with van der Waals surface area (Å²) in [4.78, 5) is 24.5. The van der Waals surface area contributed by atoms with Crippen LogP contribution in [0.5, 0.6) is 0 Å². The van der Waals surface area contributed by atoms with E-state index in [4.69, 9.17) is 5.11 Å². The molecule has 0 saturated carbocycles. The molecule has 104 valence electrons. The molecule has 0 aromatic heterocycles. The lowest BCUT2D eigenvalue weighted by atomic mass is 10.2. The Balaban J connectivity index is 2.14. The number of carboxylic acids is 1. The molecule has 3 N–H and O–H groups in total. The summed E-state index contributed by atoms with van der Waals surface area (Å²) in [6, 6.07) is -1.22. The van der Waals surface area contributed by atoms with Crippen LogP contribution in [0.1, 0.15) is 13.3 Å². The van der Waals surface area contributed by atoms with Crippen LogP contribution >= 0.6 is 11.8 Å². The van der Waals surface area contributed by atoms with E-state index in [0.717, 1.165) is 31.1 Å². The second-order valence-electron chi connectivity index (χ2n) is 4.15. The molecular formula is C11H21N3O3S. The monoisotopic (exact) mass is 275 g/mol. The molecule has 0 aromatic carbocycles. The molecule has 1 rings (SSSR count). The average Bonchev–Trinajstić information content (AvgIpc) is 2.37. The van der Waals surface area contributed by atoms with Crippen LogP contribution < -0.4 is 10.6 Å². The molecule has 18 heavy (non-hydrogen) atoms. The fourth-order valence-corrected chi connectivity index (χ4v) is 2.68. The second kappa shape index (κ2) is 8.20. The lowest BCUT2D eigenvalue weighted by Gasteiger charge is -2.26. The summed E-state index contributed by atoms with van der Waals surface area (Å²) < 4.78 is 0. The normalized spacial score (nSPS) is 18.1. The van der Waals surface area contributed by atoms with Crippen LogP contribution in [-0.2, 0) is 4.79 Å². The van der Waals surface area contributed by atoms with Gasteiger partial charge in [0.05, 0.1) is 0 Å². The molecule has 7 heteroatoms. The minimum absolute atomic E-state index is 0.381. The molecule has 0 aliphatic carbocycles. The van der Waals surface area contributed by atoms with E-state index in [9.17, 15) is 9.59 Å². The molecule has 1 aliphatic heterocycles. The Kier molecular flexibility index (Phi) is 6.89. The molecule has 6 nitrogen and oxygen atoms in total. The first-order valence-corrected chi connectivity index (χ1v) is 7.36. The van der Waals surface area contributed by atoms with Gasteiger partial charge in [-0.3, -0.25) is 4.90 Å². The zero-order valence-electron chi connectivity index (χ0n) is 10.6. The van der Waals surface area contributed by atoms with E-state index >= 15 is 0 Å². The average molecular weight is 275 g/mol. The summed E-state index contributed by atoms with van der Waals surface area (Å²) >= 11 is 1.95. The lowest BCUT2D eigenvalue weighted by molar-refractivity contribution is -0.139. The number of aliphatic carboxylic acids is 1. The number of nitrogens with one attached hydrogen (secondary N) is 2. The third kappa shape index (κ3) is 5.59. The molecule has 0 unspecified atom stereocenters. The zero-order chi connectivity index (χ0) is 13.4. The molecule has 1 aliphatic rings. The number of carbonyl (C=O) groups excluding carboxylic acids is 1. The van der Waals surface area contributed by atoms with Gasteiger partial charge in [0.1, 0.15) is 6.04 Å². The molecule has 1 atom stereocenters. The van der Waals surface area contributed by atoms with Gasteiger partial charge >= 0.3 is 12.0 Å². The van der Waals surface area contributed by atoms with E-state index in [1.807, 2.05) is 11.8 Å². The number of rotatable bonds is 6. The molecule has 1 fully saturated rings. The predicted octanol–water partition coefficient (Wildman–Crippen LogP) is 0.198. The summed E-state index contributed by atoms with van der Waals surface area (Å²) in [5.74, 6) is 1.28. The van der Waals surface area contributed by atoms with Crippen LogP contribution in [0.3, 0.4) is 0 Å². The lowest BCUT2D eigenvalue weighted by Crippen LogP contribution is -2.47. The molecular weight excluding hydrogens is 254 g/mol. The Hall–Kier alpha value is -0.950. The SMILES string of the molecule is CC[C@@H](NC(=O)NCCN1CCSCC1)C(=O)O. The van der Waals surface area contributed by atoms with E-state index in [2.05, 4.69) is 15.5 Å². The van der Waals surface area contributed by atoms with Gasteiger partial charge in [0, 0.05) is 37.7 Å². The van der Waals surface area contributed by atoms with Gasteiger partial charge in [-0.25, -0.2) is 9.59 Å². The van der Waals surface area contributed by atoms with E-state index in [0.29, 0.717) is 13.0 Å². The van der Waals surface area contributed by atoms with E-state index in [1.54, 1.807) is 6.92 Å². The topological polar surface area (TPSA) is 81.7 Å². The molecule has 0 bridgehead atoms. The summed E-state index contributed by atoms with van der Waals surface area (Å²) in [5.41, 5.74) is 0. The Morgan fingerprint density at radius 3 is 2.61 bits per heavy atom. The Morgan fingerprint density at radius 1 is 1.39 bits per heavy atom. The summed E-state index contributed by atoms with van der Waals surface area (Å²) in [6.07, 6.45) is 0.381. The van der Waals surface area contributed by atoms with Crippen molar-refractivity contribution in [3.05, 3.63) is 0 Å². The fourth-order valence-electron chi connectivity index (χ4n) is 1.70. The van der Waals surface area contributed by atoms with Crippen molar-refractivity contribution < 1.29 is 14.7 Å². The summed E-state index contributed by atoms with van der Waals surface area (Å²) in [6.45, 7) is 5.20. The molecule has 1 saturated heterocycles. The first-order chi connectivity index (χ1) is 8.63. The minimum atomic E-state index is -0.999. The minimum Gasteiger partial charge on any atom is -0.480 e. The number of nitrogens with zero attached hydrogens (tertiary/aromatic N) is 1. The van der Waals surface area contributed by atoms with Crippen molar-refractivity contribution in [2.45, 2.75) is 19.4 Å². The summed E-state index contributed by atoms with van der Waals surface area (Å²) in [7, 11) is 0. The molecule has 1 heterocycles. The van der Waals surface area contributed by atoms with Crippen molar-refractivity contribution in [1.82, 2.24) is 15.5 Å². The number of carboxylic acid groups (broad SMARTS) is 1. The van der Waals surface area contributed by atoms with Gasteiger partial charge in [-0.15, -0.1) is 0 Å². The maximum absolute atomic E-state index is 11.5. The van der Waals surface area contributed by atoms with Crippen LogP contribution in [-0.4, -0.2) is 65.7 Å². The van der Waals surface area contributed by atoms with Gasteiger partial charge in [-0.1, -0.05) is 6.92 Å². The zero-order valence-corrected chi connectivity index (χ0v) is 11.5. The Bertz CT molecular complexity index is 283. The van der Waals surface area contributed by atoms with E-state index < -0.39 is 18.0 Å². The van der Waals surface area contributed by atoms with Gasteiger partial charge in [0.15, 0.2) is 0 Å². The highest BCUT2D eigenvalue weighted by Crippen LogP contribution is 2.07. The van der Waals surface area contributed by atoms with Gasteiger partial charge in [0.25, 0.3) is 0 Å². The molecule has 0 aromatic rings. The first-order valence-electron chi connectivity index (χ1n) is 6.20. The fraction of sp³-hybridized carbons (Fsp3) is 0.818. The highest BCUT2D eigenvalue weighted by atomic mass is 32.2. The summed E-state index contributed by atoms with van der Waals surface area (Å²) in [5, 5.41) is 13.9. The van der Waals surface area contributed by atoms with Crippen LogP contribution in [0.15, 0.2) is 0 Å². The smallest absolute Gasteiger partial charge is 0.326 e. The largest absolute Gasteiger partial charge is 0.480 e. The van der Waals surface area contributed by atoms with Crippen molar-refractivity contribution >= 4 is 23.8 Å². The number of amides is 2. The number of thioether (sulfide) groups is 1. The number of urea groups is 1. The quantitative estimate of drug-likeness (QED) is 0.645. The highest BCUT2D eigenvalue weighted by Gasteiger charge is 2.17. The van der Waals surface area contributed by atoms with Crippen LogP contribution in [0.25, 0.3) is 0 Å². The van der Waals surface area contributed by atoms with Crippen LogP contribution in [0.2, 0.25) is 0 Å². The number of carbonyl (C=O) groups is 2. The molecule has 0 radical (unpaired) electrons. The standard InChI is InChI=1S/C11H21N3O3S/c1-2-9(10(15)16)13-11(17)12-3-4-14-5-7-18-8-6-14/h9H,2-8H2,1H3,(H,15,16)(H2,12,13,17)/t9-/m1/s1. The van der Waals surface area contributed by atoms with Gasteiger partial charge < -0.3 is 15.7 Å². The molecule has 2 amide bonds. The maximum Gasteiger partial charge on any atom is 0.326 e. The van der Waals surface area contributed by atoms with E-state index in [-0.39, 0.29) is 0 Å². The van der Waals surface area contributed by atoms with Crippen molar-refractivity contribution in [2.75, 3.05) is 37.7 Å². The highest BCUT2D eigenvalue weighted by molar-refractivity contribution is 7.99. The maximum atomic E-state index is 11.5. The molecule has 0 spiro atoms. The van der Waals surface area contributed by atoms with Crippen molar-refractivity contribution in [3.63, 3.8) is 0 Å². The van der Waals surface area contributed by atoms with E-state index in [1.165, 1.54) is 0 Å². The predicted molar refractivity (Wildman–Crippen MR) is 72.0 cm³/mol. The Morgan fingerprint density at radius 2 is 2.06 bits per heavy atom. The van der Waals surface area contributed by atoms with Crippen molar-refractivity contribution in [2.24, 2.45) is 0 Å². The Labute approximate surface area is 111 Å². The second-order valence-corrected chi connectivity index (χ2v) is 5.38. The van der Waals surface area contributed by atoms with Crippen molar-refractivity contribution in [3.8, 4) is 0 Å². The van der Waals surface area contributed by atoms with Gasteiger partial charge in [0.2, 0.25) is 0 Å². The van der Waals surface area contributed by atoms with Gasteiger partial charge in [-0.05, 0) is 6.42 Å². The van der Waals surface area contributed by atoms with Gasteiger partial charge in [-0.2, -0.15) is 11.8 Å². The third-order valence-electron chi connectivity index (χ3n) is 2.83. The van der Waals surface area contributed by atoms with Crippen molar-refractivity contribution in [1.29, 1.82) is 0 Å². The first kappa shape index (κ1) is 15.1. The number of hydrogen-bond donors (Lipinski definition) is 3.